The highest BCUT2D eigenvalue weighted by Crippen LogP contribution is 2.65. The molecule has 0 saturated heterocycles. The standard InChI is InChI=1S/C33H42O3/c1-23-27-18-21-32(2)20-8-7-11-29(32)33(27,3)22-19-28(23)36-30(34)17-14-24-12-15-26(16-13-24)31(35)25-9-5-4-6-10-25/h4-6,9-10,12-13,15-16,23,27-29H,7-8,11,14,17-22H2,1-3H3/t23-,27-,28+,29-,32+,33-/m0/s1. The number of esters is 1. The van der Waals surface area contributed by atoms with Crippen molar-refractivity contribution in [3.05, 3.63) is 71.3 Å². The summed E-state index contributed by atoms with van der Waals surface area (Å²) in [5.74, 6) is 1.86. The van der Waals surface area contributed by atoms with Crippen LogP contribution in [0.1, 0.15) is 100 Å². The molecule has 0 heterocycles. The summed E-state index contributed by atoms with van der Waals surface area (Å²) >= 11 is 0. The summed E-state index contributed by atoms with van der Waals surface area (Å²) in [6.07, 6.45) is 11.5. The van der Waals surface area contributed by atoms with E-state index in [0.29, 0.717) is 46.6 Å². The van der Waals surface area contributed by atoms with Crippen LogP contribution in [0.25, 0.3) is 0 Å². The second-order valence-corrected chi connectivity index (χ2v) is 12.4. The molecule has 0 amide bonds. The number of rotatable bonds is 6. The average Bonchev–Trinajstić information content (AvgIpc) is 2.89. The SMILES string of the molecule is C[C@@H]1[C@H](OC(=O)CCc2ccc(C(=O)c3ccccc3)cc2)CC[C@@]2(C)[C@H]1CC[C@@]1(C)CCCC[C@@H]12. The Morgan fingerprint density at radius 1 is 0.861 bits per heavy atom. The van der Waals surface area contributed by atoms with Gasteiger partial charge in [0, 0.05) is 17.5 Å². The lowest BCUT2D eigenvalue weighted by Crippen LogP contribution is -2.56. The molecule has 3 aliphatic carbocycles. The van der Waals surface area contributed by atoms with Crippen molar-refractivity contribution in [2.24, 2.45) is 28.6 Å². The molecule has 192 valence electrons. The third-order valence-electron chi connectivity index (χ3n) is 10.3. The van der Waals surface area contributed by atoms with Crippen molar-refractivity contribution in [2.45, 2.75) is 91.1 Å². The fourth-order valence-corrected chi connectivity index (χ4v) is 8.32. The predicted molar refractivity (Wildman–Crippen MR) is 144 cm³/mol. The predicted octanol–water partition coefficient (Wildman–Crippen LogP) is 7.80. The summed E-state index contributed by atoms with van der Waals surface area (Å²) in [5, 5.41) is 0. The molecule has 3 fully saturated rings. The molecular weight excluding hydrogens is 444 g/mol. The van der Waals surface area contributed by atoms with Crippen LogP contribution in [0.2, 0.25) is 0 Å². The zero-order chi connectivity index (χ0) is 25.3. The zero-order valence-electron chi connectivity index (χ0n) is 22.3. The van der Waals surface area contributed by atoms with Crippen molar-refractivity contribution in [2.75, 3.05) is 0 Å². The van der Waals surface area contributed by atoms with Gasteiger partial charge in [0.1, 0.15) is 6.10 Å². The Labute approximate surface area is 217 Å². The van der Waals surface area contributed by atoms with Gasteiger partial charge in [-0.2, -0.15) is 0 Å². The molecule has 0 aliphatic heterocycles. The highest BCUT2D eigenvalue weighted by Gasteiger charge is 2.57. The molecule has 0 unspecified atom stereocenters. The van der Waals surface area contributed by atoms with Gasteiger partial charge in [-0.3, -0.25) is 9.59 Å². The summed E-state index contributed by atoms with van der Waals surface area (Å²) in [5.41, 5.74) is 3.35. The van der Waals surface area contributed by atoms with Gasteiger partial charge in [0.2, 0.25) is 0 Å². The third-order valence-corrected chi connectivity index (χ3v) is 10.3. The van der Waals surface area contributed by atoms with Gasteiger partial charge in [-0.15, -0.1) is 0 Å². The second kappa shape index (κ2) is 10.1. The molecule has 0 bridgehead atoms. The number of ether oxygens (including phenoxy) is 1. The molecule has 3 heteroatoms. The first-order chi connectivity index (χ1) is 17.3. The van der Waals surface area contributed by atoms with Gasteiger partial charge in [-0.1, -0.05) is 88.2 Å². The van der Waals surface area contributed by atoms with Gasteiger partial charge in [0.05, 0.1) is 0 Å². The van der Waals surface area contributed by atoms with E-state index in [9.17, 15) is 9.59 Å². The maximum Gasteiger partial charge on any atom is 0.306 e. The van der Waals surface area contributed by atoms with Crippen LogP contribution in [0.5, 0.6) is 0 Å². The second-order valence-electron chi connectivity index (χ2n) is 12.4. The minimum Gasteiger partial charge on any atom is -0.462 e. The largest absolute Gasteiger partial charge is 0.462 e. The quantitative estimate of drug-likeness (QED) is 0.309. The van der Waals surface area contributed by atoms with Gasteiger partial charge in [-0.25, -0.2) is 0 Å². The van der Waals surface area contributed by atoms with E-state index in [1.54, 1.807) is 0 Å². The van der Waals surface area contributed by atoms with E-state index in [-0.39, 0.29) is 17.9 Å². The van der Waals surface area contributed by atoms with E-state index in [0.717, 1.165) is 17.9 Å². The van der Waals surface area contributed by atoms with Gasteiger partial charge >= 0.3 is 5.97 Å². The number of hydrogen-bond donors (Lipinski definition) is 0. The molecule has 0 aromatic heterocycles. The van der Waals surface area contributed by atoms with Crippen molar-refractivity contribution in [3.63, 3.8) is 0 Å². The molecule has 0 radical (unpaired) electrons. The lowest BCUT2D eigenvalue weighted by molar-refractivity contribution is -0.175. The van der Waals surface area contributed by atoms with Gasteiger partial charge < -0.3 is 4.74 Å². The molecule has 2 aromatic carbocycles. The molecule has 0 spiro atoms. The summed E-state index contributed by atoms with van der Waals surface area (Å²) < 4.78 is 6.11. The first-order valence-electron chi connectivity index (χ1n) is 14.2. The zero-order valence-corrected chi connectivity index (χ0v) is 22.3. The van der Waals surface area contributed by atoms with Gasteiger partial charge in [0.15, 0.2) is 5.78 Å². The number of carbonyl (C=O) groups excluding carboxylic acids is 2. The smallest absolute Gasteiger partial charge is 0.306 e. The van der Waals surface area contributed by atoms with Crippen LogP contribution in [-0.4, -0.2) is 17.9 Å². The molecule has 0 N–H and O–H groups in total. The van der Waals surface area contributed by atoms with E-state index in [1.165, 1.54) is 44.9 Å². The minimum atomic E-state index is -0.0850. The molecule has 6 atom stereocenters. The van der Waals surface area contributed by atoms with Crippen molar-refractivity contribution >= 4 is 11.8 Å². The van der Waals surface area contributed by atoms with Crippen LogP contribution in [0.4, 0.5) is 0 Å². The molecule has 36 heavy (non-hydrogen) atoms. The Hall–Kier alpha value is -2.42. The maximum absolute atomic E-state index is 12.8. The van der Waals surface area contributed by atoms with Gasteiger partial charge in [-0.05, 0) is 79.1 Å². The number of hydrogen-bond acceptors (Lipinski definition) is 3. The number of aryl methyl sites for hydroxylation is 1. The minimum absolute atomic E-state index is 0.0242. The van der Waals surface area contributed by atoms with E-state index in [1.807, 2.05) is 54.6 Å². The van der Waals surface area contributed by atoms with Crippen molar-refractivity contribution < 1.29 is 14.3 Å². The van der Waals surface area contributed by atoms with E-state index >= 15 is 0 Å². The Bertz CT molecular complexity index is 1070. The number of benzene rings is 2. The highest BCUT2D eigenvalue weighted by molar-refractivity contribution is 6.08. The topological polar surface area (TPSA) is 43.4 Å². The Kier molecular flexibility index (Phi) is 7.12. The van der Waals surface area contributed by atoms with E-state index in [4.69, 9.17) is 4.74 Å². The van der Waals surface area contributed by atoms with Crippen LogP contribution >= 0.6 is 0 Å². The third kappa shape index (κ3) is 4.78. The number of carbonyl (C=O) groups is 2. The molecule has 3 saturated carbocycles. The Morgan fingerprint density at radius 3 is 2.33 bits per heavy atom. The number of fused-ring (bicyclic) bond motifs is 3. The van der Waals surface area contributed by atoms with Crippen LogP contribution in [0, 0.1) is 28.6 Å². The fourth-order valence-electron chi connectivity index (χ4n) is 8.32. The lowest BCUT2D eigenvalue weighted by atomic mass is 9.43. The monoisotopic (exact) mass is 486 g/mol. The Morgan fingerprint density at radius 2 is 1.58 bits per heavy atom. The number of ketones is 1. The molecule has 2 aromatic rings. The average molecular weight is 487 g/mol. The highest BCUT2D eigenvalue weighted by atomic mass is 16.5. The van der Waals surface area contributed by atoms with Crippen molar-refractivity contribution in [1.29, 1.82) is 0 Å². The summed E-state index contributed by atoms with van der Waals surface area (Å²) in [4.78, 5) is 25.5. The first kappa shape index (κ1) is 25.2. The lowest BCUT2D eigenvalue weighted by Gasteiger charge is -2.62. The fraction of sp³-hybridized carbons (Fsp3) is 0.576. The molecular formula is C33H42O3. The van der Waals surface area contributed by atoms with Crippen LogP contribution in [-0.2, 0) is 16.0 Å². The van der Waals surface area contributed by atoms with E-state index in [2.05, 4.69) is 20.8 Å². The summed E-state index contributed by atoms with van der Waals surface area (Å²) in [6, 6.07) is 17.0. The van der Waals surface area contributed by atoms with Crippen LogP contribution in [0.15, 0.2) is 54.6 Å². The molecule has 3 aliphatic rings. The van der Waals surface area contributed by atoms with Crippen molar-refractivity contribution in [3.8, 4) is 0 Å². The molecule has 5 rings (SSSR count). The Balaban J connectivity index is 1.15. The van der Waals surface area contributed by atoms with Crippen LogP contribution < -0.4 is 0 Å². The van der Waals surface area contributed by atoms with E-state index < -0.39 is 0 Å². The normalized spacial score (nSPS) is 33.8. The maximum atomic E-state index is 12.8. The van der Waals surface area contributed by atoms with Crippen LogP contribution in [0.3, 0.4) is 0 Å². The van der Waals surface area contributed by atoms with Gasteiger partial charge in [0.25, 0.3) is 0 Å². The summed E-state index contributed by atoms with van der Waals surface area (Å²) in [6.45, 7) is 7.46. The summed E-state index contributed by atoms with van der Waals surface area (Å²) in [7, 11) is 0. The molecule has 3 nitrogen and oxygen atoms in total. The first-order valence-corrected chi connectivity index (χ1v) is 14.2. The van der Waals surface area contributed by atoms with Crippen molar-refractivity contribution in [1.82, 2.24) is 0 Å².